The Morgan fingerprint density at radius 1 is 0.903 bits per heavy atom. The van der Waals surface area contributed by atoms with Crippen LogP contribution >= 0.6 is 0 Å². The molecule has 4 nitrogen and oxygen atoms in total. The van der Waals surface area contributed by atoms with E-state index in [-0.39, 0.29) is 5.82 Å². The molecule has 0 aliphatic heterocycles. The molecule has 4 aromatic rings. The van der Waals surface area contributed by atoms with Crippen LogP contribution in [0.15, 0.2) is 71.1 Å². The van der Waals surface area contributed by atoms with Gasteiger partial charge < -0.3 is 18.8 Å². The number of furan rings is 1. The highest BCUT2D eigenvalue weighted by Crippen LogP contribution is 2.38. The van der Waals surface area contributed by atoms with E-state index >= 15 is 0 Å². The van der Waals surface area contributed by atoms with Crippen molar-refractivity contribution in [3.8, 4) is 22.6 Å². The summed E-state index contributed by atoms with van der Waals surface area (Å²) in [5.41, 5.74) is 3.82. The summed E-state index contributed by atoms with van der Waals surface area (Å²) in [6, 6.07) is 20.4. The quantitative estimate of drug-likeness (QED) is 0.363. The normalized spacial score (nSPS) is 11.3. The van der Waals surface area contributed by atoms with Gasteiger partial charge in [0.15, 0.2) is 0 Å². The number of ether oxygens (including phenoxy) is 2. The fourth-order valence-electron chi connectivity index (χ4n) is 3.55. The van der Waals surface area contributed by atoms with Gasteiger partial charge in [0.05, 0.1) is 7.11 Å². The molecule has 3 aromatic carbocycles. The van der Waals surface area contributed by atoms with Crippen LogP contribution in [-0.4, -0.2) is 39.3 Å². The van der Waals surface area contributed by atoms with Crippen molar-refractivity contribution < 1.29 is 18.3 Å². The molecule has 0 radical (unpaired) electrons. The fraction of sp³-hybridized carbons (Fsp3) is 0.231. The van der Waals surface area contributed by atoms with Crippen LogP contribution in [-0.2, 0) is 6.42 Å². The van der Waals surface area contributed by atoms with Crippen molar-refractivity contribution in [2.24, 2.45) is 0 Å². The number of hydrogen-bond acceptors (Lipinski definition) is 4. The van der Waals surface area contributed by atoms with E-state index in [0.717, 1.165) is 51.5 Å². The lowest BCUT2D eigenvalue weighted by Gasteiger charge is -2.11. The number of nitrogens with zero attached hydrogens (tertiary/aromatic N) is 1. The Labute approximate surface area is 181 Å². The highest BCUT2D eigenvalue weighted by atomic mass is 19.1. The molecule has 0 saturated heterocycles. The maximum absolute atomic E-state index is 13.3. The predicted octanol–water partition coefficient (Wildman–Crippen LogP) is 5.78. The van der Waals surface area contributed by atoms with Crippen molar-refractivity contribution >= 4 is 11.0 Å². The molecule has 0 unspecified atom stereocenters. The Bertz CT molecular complexity index is 1150. The number of rotatable bonds is 8. The Kier molecular flexibility index (Phi) is 6.23. The molecule has 0 bridgehead atoms. The van der Waals surface area contributed by atoms with Crippen LogP contribution < -0.4 is 9.47 Å². The molecule has 5 heteroatoms. The molecule has 1 aromatic heterocycles. The molecule has 0 spiro atoms. The fourth-order valence-corrected chi connectivity index (χ4v) is 3.55. The van der Waals surface area contributed by atoms with Gasteiger partial charge in [0.1, 0.15) is 35.3 Å². The van der Waals surface area contributed by atoms with E-state index in [4.69, 9.17) is 13.9 Å². The summed E-state index contributed by atoms with van der Waals surface area (Å²) in [7, 11) is 5.68. The third-order valence-corrected chi connectivity index (χ3v) is 5.20. The van der Waals surface area contributed by atoms with Gasteiger partial charge in [-0.2, -0.15) is 0 Å². The first-order valence-corrected chi connectivity index (χ1v) is 10.3. The topological polar surface area (TPSA) is 34.8 Å². The van der Waals surface area contributed by atoms with Gasteiger partial charge in [0, 0.05) is 30.0 Å². The summed E-state index contributed by atoms with van der Waals surface area (Å²) >= 11 is 0. The van der Waals surface area contributed by atoms with Crippen LogP contribution in [0.25, 0.3) is 22.1 Å². The SMILES string of the molecule is COc1ccc2c(-c3ccc(OCCN(C)C)cc3)c(Cc3ccc(F)cc3)oc2c1. The van der Waals surface area contributed by atoms with Crippen molar-refractivity contribution in [2.45, 2.75) is 6.42 Å². The molecule has 0 saturated carbocycles. The number of methoxy groups -OCH3 is 1. The van der Waals surface area contributed by atoms with Gasteiger partial charge in [-0.25, -0.2) is 4.39 Å². The van der Waals surface area contributed by atoms with Gasteiger partial charge in [-0.3, -0.25) is 0 Å². The molecule has 0 amide bonds. The van der Waals surface area contributed by atoms with Gasteiger partial charge >= 0.3 is 0 Å². The molecule has 1 heterocycles. The minimum absolute atomic E-state index is 0.247. The molecule has 0 aliphatic carbocycles. The largest absolute Gasteiger partial charge is 0.497 e. The standard InChI is InChI=1S/C26H26FNO3/c1-28(2)14-15-30-21-10-6-19(7-11-21)26-23-13-12-22(29-3)17-24(23)31-25(26)16-18-4-8-20(27)9-5-18/h4-13,17H,14-16H2,1-3H3. The molecule has 160 valence electrons. The minimum atomic E-state index is -0.247. The van der Waals surface area contributed by atoms with E-state index in [1.54, 1.807) is 19.2 Å². The average molecular weight is 419 g/mol. The van der Waals surface area contributed by atoms with Crippen molar-refractivity contribution in [1.29, 1.82) is 0 Å². The molecule has 0 aliphatic rings. The van der Waals surface area contributed by atoms with Gasteiger partial charge in [0.2, 0.25) is 0 Å². The molecule has 0 N–H and O–H groups in total. The number of likely N-dealkylation sites (N-methyl/N-ethyl adjacent to an activating group) is 1. The number of halogens is 1. The van der Waals surface area contributed by atoms with Crippen LogP contribution in [0.5, 0.6) is 11.5 Å². The van der Waals surface area contributed by atoms with E-state index in [2.05, 4.69) is 4.90 Å². The Morgan fingerprint density at radius 3 is 2.29 bits per heavy atom. The van der Waals surface area contributed by atoms with Crippen molar-refractivity contribution in [3.63, 3.8) is 0 Å². The lowest BCUT2D eigenvalue weighted by atomic mass is 9.98. The average Bonchev–Trinajstić information content (AvgIpc) is 3.12. The Balaban J connectivity index is 1.69. The van der Waals surface area contributed by atoms with E-state index in [1.807, 2.05) is 56.6 Å². The third kappa shape index (κ3) is 4.89. The first-order chi connectivity index (χ1) is 15.0. The van der Waals surface area contributed by atoms with E-state index in [9.17, 15) is 4.39 Å². The molecule has 0 atom stereocenters. The van der Waals surface area contributed by atoms with Crippen LogP contribution in [0.2, 0.25) is 0 Å². The van der Waals surface area contributed by atoms with Crippen molar-refractivity contribution in [1.82, 2.24) is 4.90 Å². The second-order valence-electron chi connectivity index (χ2n) is 7.74. The van der Waals surface area contributed by atoms with Crippen LogP contribution in [0.3, 0.4) is 0 Å². The minimum Gasteiger partial charge on any atom is -0.497 e. The number of hydrogen-bond donors (Lipinski definition) is 0. The Morgan fingerprint density at radius 2 is 1.61 bits per heavy atom. The van der Waals surface area contributed by atoms with E-state index in [1.165, 1.54) is 12.1 Å². The molecular formula is C26H26FNO3. The zero-order chi connectivity index (χ0) is 21.8. The Hall–Kier alpha value is -3.31. The van der Waals surface area contributed by atoms with Crippen molar-refractivity contribution in [3.05, 3.63) is 83.9 Å². The van der Waals surface area contributed by atoms with Crippen molar-refractivity contribution in [2.75, 3.05) is 34.4 Å². The van der Waals surface area contributed by atoms with Crippen LogP contribution in [0.4, 0.5) is 4.39 Å². The summed E-state index contributed by atoms with van der Waals surface area (Å²) in [4.78, 5) is 2.09. The first kappa shape index (κ1) is 20.9. The van der Waals surface area contributed by atoms with Gasteiger partial charge in [0.25, 0.3) is 0 Å². The second kappa shape index (κ2) is 9.23. The molecule has 4 rings (SSSR count). The van der Waals surface area contributed by atoms with Gasteiger partial charge in [-0.1, -0.05) is 24.3 Å². The highest BCUT2D eigenvalue weighted by molar-refractivity contribution is 5.96. The number of fused-ring (bicyclic) bond motifs is 1. The maximum atomic E-state index is 13.3. The van der Waals surface area contributed by atoms with Crippen LogP contribution in [0.1, 0.15) is 11.3 Å². The zero-order valence-electron chi connectivity index (χ0n) is 18.0. The van der Waals surface area contributed by atoms with E-state index < -0.39 is 0 Å². The molecule has 0 fully saturated rings. The van der Waals surface area contributed by atoms with E-state index in [0.29, 0.717) is 13.0 Å². The summed E-state index contributed by atoms with van der Waals surface area (Å²) in [6.07, 6.45) is 0.563. The van der Waals surface area contributed by atoms with Gasteiger partial charge in [-0.05, 0) is 61.6 Å². The second-order valence-corrected chi connectivity index (χ2v) is 7.74. The monoisotopic (exact) mass is 419 g/mol. The maximum Gasteiger partial charge on any atom is 0.138 e. The van der Waals surface area contributed by atoms with Gasteiger partial charge in [-0.15, -0.1) is 0 Å². The summed E-state index contributed by atoms with van der Waals surface area (Å²) in [5, 5.41) is 1.01. The lowest BCUT2D eigenvalue weighted by molar-refractivity contribution is 0.261. The summed E-state index contributed by atoms with van der Waals surface area (Å²) < 4.78 is 30.8. The summed E-state index contributed by atoms with van der Waals surface area (Å²) in [6.45, 7) is 1.49. The third-order valence-electron chi connectivity index (χ3n) is 5.20. The molecule has 31 heavy (non-hydrogen) atoms. The summed E-state index contributed by atoms with van der Waals surface area (Å²) in [5.74, 6) is 2.16. The first-order valence-electron chi connectivity index (χ1n) is 10.3. The smallest absolute Gasteiger partial charge is 0.138 e. The highest BCUT2D eigenvalue weighted by Gasteiger charge is 2.17. The predicted molar refractivity (Wildman–Crippen MR) is 121 cm³/mol. The number of benzene rings is 3. The van der Waals surface area contributed by atoms with Crippen LogP contribution in [0, 0.1) is 5.82 Å². The molecular weight excluding hydrogens is 393 g/mol. The lowest BCUT2D eigenvalue weighted by Crippen LogP contribution is -2.19. The zero-order valence-corrected chi connectivity index (χ0v) is 18.0.